The Balaban J connectivity index is 2.26. The molecule has 2 N–H and O–H groups in total. The molecule has 0 saturated carbocycles. The molecule has 0 spiro atoms. The van der Waals surface area contributed by atoms with Gasteiger partial charge in [-0.1, -0.05) is 36.4 Å². The fraction of sp³-hybridized carbons (Fsp3) is 0.182. The third kappa shape index (κ3) is 3.43. The number of carbonyl (C=O) groups is 4. The van der Waals surface area contributed by atoms with E-state index in [0.717, 1.165) is 4.90 Å². The van der Waals surface area contributed by atoms with Gasteiger partial charge in [-0.2, -0.15) is 0 Å². The molecule has 0 aliphatic carbocycles. The van der Waals surface area contributed by atoms with Crippen molar-refractivity contribution in [2.45, 2.75) is 19.4 Å². The lowest BCUT2D eigenvalue weighted by Gasteiger charge is -2.34. The van der Waals surface area contributed by atoms with Crippen LogP contribution >= 0.6 is 0 Å². The lowest BCUT2D eigenvalue weighted by atomic mass is 9.88. The molecule has 0 aromatic heterocycles. The highest BCUT2D eigenvalue weighted by molar-refractivity contribution is 6.44. The van der Waals surface area contributed by atoms with E-state index in [2.05, 4.69) is 5.32 Å². The third-order valence-electron chi connectivity index (χ3n) is 4.75. The Labute approximate surface area is 172 Å². The molecule has 2 aromatic rings. The van der Waals surface area contributed by atoms with Gasteiger partial charge in [-0.3, -0.25) is 14.5 Å². The molecule has 154 valence electrons. The summed E-state index contributed by atoms with van der Waals surface area (Å²) >= 11 is 0. The number of anilines is 2. The Morgan fingerprint density at radius 3 is 2.13 bits per heavy atom. The van der Waals surface area contributed by atoms with Crippen LogP contribution in [0.5, 0.6) is 0 Å². The summed E-state index contributed by atoms with van der Waals surface area (Å²) in [6.07, 6.45) is 0. The number of Topliss-reactive ketones (excluding diaryl/α,β-unsaturated/α-hetero) is 1. The predicted molar refractivity (Wildman–Crippen MR) is 109 cm³/mol. The van der Waals surface area contributed by atoms with Gasteiger partial charge in [0.25, 0.3) is 11.7 Å². The van der Waals surface area contributed by atoms with Crippen LogP contribution in [0, 0.1) is 0 Å². The molecule has 8 nitrogen and oxygen atoms in total. The van der Waals surface area contributed by atoms with Gasteiger partial charge in [0.1, 0.15) is 5.70 Å². The molecule has 1 aliphatic rings. The summed E-state index contributed by atoms with van der Waals surface area (Å²) in [7, 11) is 0. The molecule has 1 amide bonds. The molecule has 0 bridgehead atoms. The van der Waals surface area contributed by atoms with E-state index in [1.165, 1.54) is 6.92 Å². The van der Waals surface area contributed by atoms with Crippen molar-refractivity contribution in [2.75, 3.05) is 16.8 Å². The summed E-state index contributed by atoms with van der Waals surface area (Å²) in [5, 5.41) is 12.2. The van der Waals surface area contributed by atoms with Crippen LogP contribution in [0.15, 0.2) is 71.9 Å². The van der Waals surface area contributed by atoms with Gasteiger partial charge in [-0.05, 0) is 38.1 Å². The quantitative estimate of drug-likeness (QED) is 0.534. The van der Waals surface area contributed by atoms with Crippen molar-refractivity contribution < 1.29 is 29.0 Å². The van der Waals surface area contributed by atoms with E-state index in [1.807, 2.05) is 0 Å². The van der Waals surface area contributed by atoms with Crippen LogP contribution in [-0.2, 0) is 23.9 Å². The zero-order valence-electron chi connectivity index (χ0n) is 16.4. The van der Waals surface area contributed by atoms with Gasteiger partial charge in [0, 0.05) is 11.4 Å². The van der Waals surface area contributed by atoms with Crippen molar-refractivity contribution >= 4 is 35.0 Å². The average molecular weight is 408 g/mol. The minimum Gasteiger partial charge on any atom is -0.475 e. The largest absolute Gasteiger partial charge is 0.475 e. The summed E-state index contributed by atoms with van der Waals surface area (Å²) in [5.74, 6) is -4.77. The van der Waals surface area contributed by atoms with Crippen molar-refractivity contribution in [3.8, 4) is 0 Å². The normalized spacial score (nSPS) is 18.3. The van der Waals surface area contributed by atoms with Gasteiger partial charge in [-0.15, -0.1) is 0 Å². The molecule has 0 fully saturated rings. The maximum Gasteiger partial charge on any atom is 0.377 e. The first-order valence-electron chi connectivity index (χ1n) is 9.23. The summed E-state index contributed by atoms with van der Waals surface area (Å²) in [5.41, 5.74) is -1.96. The van der Waals surface area contributed by atoms with Crippen LogP contribution in [0.2, 0.25) is 0 Å². The number of rotatable bonds is 7. The van der Waals surface area contributed by atoms with E-state index >= 15 is 0 Å². The average Bonchev–Trinajstić information content (AvgIpc) is 2.96. The molecular weight excluding hydrogens is 388 g/mol. The van der Waals surface area contributed by atoms with E-state index in [-0.39, 0.29) is 12.3 Å². The Kier molecular flexibility index (Phi) is 5.68. The smallest absolute Gasteiger partial charge is 0.377 e. The molecule has 0 radical (unpaired) electrons. The zero-order valence-corrected chi connectivity index (χ0v) is 16.4. The molecular formula is C22H20N2O6. The number of ketones is 1. The SMILES string of the molecule is CCOC(=O)[C@@]1(C)C(C(=O)C(=O)O)=C(Nc2ccccc2)C(=O)N1c1ccccc1. The fourth-order valence-corrected chi connectivity index (χ4v) is 3.42. The molecule has 8 heteroatoms. The molecule has 1 atom stereocenters. The number of benzene rings is 2. The number of hydrogen-bond acceptors (Lipinski definition) is 6. The van der Waals surface area contributed by atoms with E-state index in [4.69, 9.17) is 4.74 Å². The van der Waals surface area contributed by atoms with Gasteiger partial charge in [0.15, 0.2) is 5.54 Å². The Bertz CT molecular complexity index is 1030. The second-order valence-corrected chi connectivity index (χ2v) is 6.64. The highest BCUT2D eigenvalue weighted by Crippen LogP contribution is 2.41. The van der Waals surface area contributed by atoms with Gasteiger partial charge < -0.3 is 15.2 Å². The maximum absolute atomic E-state index is 13.4. The van der Waals surface area contributed by atoms with E-state index in [0.29, 0.717) is 11.4 Å². The molecule has 1 aliphatic heterocycles. The lowest BCUT2D eigenvalue weighted by Crippen LogP contribution is -2.55. The maximum atomic E-state index is 13.4. The summed E-state index contributed by atoms with van der Waals surface area (Å²) in [6, 6.07) is 16.7. The number of esters is 1. The molecule has 3 rings (SSSR count). The number of carbonyl (C=O) groups excluding carboxylic acids is 3. The number of hydrogen-bond donors (Lipinski definition) is 2. The van der Waals surface area contributed by atoms with Crippen LogP contribution < -0.4 is 10.2 Å². The first-order chi connectivity index (χ1) is 14.3. The standard InChI is InChI=1S/C22H20N2O6/c1-3-30-21(29)22(2)16(18(25)20(27)28)17(23-14-10-6-4-7-11-14)19(26)24(22)15-12-8-5-9-13-15/h4-13,23H,3H2,1-2H3,(H,27,28)/t22-/m1/s1. The Morgan fingerprint density at radius 1 is 1.03 bits per heavy atom. The number of amides is 1. The number of aliphatic carboxylic acids is 1. The predicted octanol–water partition coefficient (Wildman–Crippen LogP) is 2.37. The fourth-order valence-electron chi connectivity index (χ4n) is 3.42. The molecule has 2 aromatic carbocycles. The van der Waals surface area contributed by atoms with Gasteiger partial charge in [0.05, 0.1) is 12.2 Å². The summed E-state index contributed by atoms with van der Waals surface area (Å²) in [4.78, 5) is 51.8. The molecule has 30 heavy (non-hydrogen) atoms. The third-order valence-corrected chi connectivity index (χ3v) is 4.75. The monoisotopic (exact) mass is 408 g/mol. The van der Waals surface area contributed by atoms with Crippen molar-refractivity contribution in [1.29, 1.82) is 0 Å². The van der Waals surface area contributed by atoms with Crippen molar-refractivity contribution in [3.63, 3.8) is 0 Å². The van der Waals surface area contributed by atoms with Gasteiger partial charge >= 0.3 is 11.9 Å². The lowest BCUT2D eigenvalue weighted by molar-refractivity contribution is -0.151. The van der Waals surface area contributed by atoms with E-state index in [1.54, 1.807) is 67.6 Å². The number of nitrogens with zero attached hydrogens (tertiary/aromatic N) is 1. The van der Waals surface area contributed by atoms with Crippen LogP contribution in [0.4, 0.5) is 11.4 Å². The Morgan fingerprint density at radius 2 is 1.60 bits per heavy atom. The van der Waals surface area contributed by atoms with Crippen molar-refractivity contribution in [3.05, 3.63) is 71.9 Å². The molecule has 0 saturated heterocycles. The van der Waals surface area contributed by atoms with Crippen LogP contribution in [0.3, 0.4) is 0 Å². The number of carboxylic acids is 1. The second-order valence-electron chi connectivity index (χ2n) is 6.64. The zero-order chi connectivity index (χ0) is 21.9. The first-order valence-corrected chi connectivity index (χ1v) is 9.23. The van der Waals surface area contributed by atoms with Crippen LogP contribution in [0.25, 0.3) is 0 Å². The number of carboxylic acid groups (broad SMARTS) is 1. The first kappa shape index (κ1) is 20.8. The number of para-hydroxylation sites is 2. The van der Waals surface area contributed by atoms with Crippen molar-refractivity contribution in [1.82, 2.24) is 0 Å². The summed E-state index contributed by atoms with van der Waals surface area (Å²) < 4.78 is 5.15. The second kappa shape index (κ2) is 8.20. The van der Waals surface area contributed by atoms with Gasteiger partial charge in [-0.25, -0.2) is 9.59 Å². The topological polar surface area (TPSA) is 113 Å². The summed E-state index contributed by atoms with van der Waals surface area (Å²) in [6.45, 7) is 2.88. The minimum atomic E-state index is -1.97. The van der Waals surface area contributed by atoms with Crippen molar-refractivity contribution in [2.24, 2.45) is 0 Å². The van der Waals surface area contributed by atoms with E-state index in [9.17, 15) is 24.3 Å². The Hall–Kier alpha value is -3.94. The number of nitrogens with one attached hydrogen (secondary N) is 1. The molecule has 1 heterocycles. The van der Waals surface area contributed by atoms with Crippen LogP contribution in [0.1, 0.15) is 13.8 Å². The highest BCUT2D eigenvalue weighted by atomic mass is 16.5. The highest BCUT2D eigenvalue weighted by Gasteiger charge is 2.58. The van der Waals surface area contributed by atoms with E-state index < -0.39 is 34.7 Å². The van der Waals surface area contributed by atoms with Crippen LogP contribution in [-0.4, -0.2) is 40.9 Å². The van der Waals surface area contributed by atoms with Gasteiger partial charge in [0.2, 0.25) is 0 Å². The minimum absolute atomic E-state index is 0.0127. The number of ether oxygens (including phenoxy) is 1. The molecule has 0 unspecified atom stereocenters.